The molecule has 0 bridgehead atoms. The summed E-state index contributed by atoms with van der Waals surface area (Å²) in [7, 11) is 0. The standard InChI is InChI=1S/C35H29BrN4O3S2/c1-22-11-13-25(14-12-22)31-21-44-35(39-31)40-32(41)23(2)45-29-17-15-28(16-18-29)37-34(43)30(20-24-7-6-10-27(36)19-24)38-33(42)26-8-4-3-5-9-26/h3-21,23H,1-2H3,(H,37,43)(H,38,42)(H,39,40,41)/b30-20-. The second kappa shape index (κ2) is 15.0. The predicted molar refractivity (Wildman–Crippen MR) is 187 cm³/mol. The first-order chi connectivity index (χ1) is 21.7. The van der Waals surface area contributed by atoms with Gasteiger partial charge in [-0.15, -0.1) is 23.1 Å². The zero-order valence-corrected chi connectivity index (χ0v) is 27.6. The third kappa shape index (κ3) is 9.01. The highest BCUT2D eigenvalue weighted by atomic mass is 79.9. The number of hydrogen-bond acceptors (Lipinski definition) is 6. The van der Waals surface area contributed by atoms with Crippen molar-refractivity contribution in [3.05, 3.63) is 135 Å². The second-order valence-electron chi connectivity index (χ2n) is 10.1. The lowest BCUT2D eigenvalue weighted by Crippen LogP contribution is -2.30. The quantitative estimate of drug-likeness (QED) is 0.101. The Hall–Kier alpha value is -4.51. The molecule has 3 N–H and O–H groups in total. The van der Waals surface area contributed by atoms with E-state index >= 15 is 0 Å². The summed E-state index contributed by atoms with van der Waals surface area (Å²) in [4.78, 5) is 44.5. The van der Waals surface area contributed by atoms with E-state index in [4.69, 9.17) is 0 Å². The van der Waals surface area contributed by atoms with Gasteiger partial charge in [0.1, 0.15) is 5.70 Å². The third-order valence-electron chi connectivity index (χ3n) is 6.56. The first kappa shape index (κ1) is 31.9. The number of rotatable bonds is 10. The number of thioether (sulfide) groups is 1. The highest BCUT2D eigenvalue weighted by Gasteiger charge is 2.18. The van der Waals surface area contributed by atoms with Crippen LogP contribution in [0.3, 0.4) is 0 Å². The number of amides is 3. The topological polar surface area (TPSA) is 100 Å². The van der Waals surface area contributed by atoms with E-state index in [1.54, 1.807) is 42.5 Å². The number of anilines is 2. The Bertz CT molecular complexity index is 1840. The molecular formula is C35H29BrN4O3S2. The fourth-order valence-corrected chi connectivity index (χ4v) is 6.18. The summed E-state index contributed by atoms with van der Waals surface area (Å²) >= 11 is 6.23. The maximum Gasteiger partial charge on any atom is 0.272 e. The SMILES string of the molecule is Cc1ccc(-c2csc(NC(=O)C(C)Sc3ccc(NC(=O)/C(=C/c4cccc(Br)c4)NC(=O)c4ccccc4)cc3)n2)cc1. The number of halogens is 1. The molecule has 0 fully saturated rings. The molecule has 45 heavy (non-hydrogen) atoms. The molecule has 0 aliphatic carbocycles. The van der Waals surface area contributed by atoms with Gasteiger partial charge in [0.25, 0.3) is 11.8 Å². The molecule has 1 unspecified atom stereocenters. The molecule has 226 valence electrons. The first-order valence-electron chi connectivity index (χ1n) is 14.0. The number of carbonyl (C=O) groups excluding carboxylic acids is 3. The molecule has 0 aliphatic rings. The Morgan fingerprint density at radius 1 is 0.889 bits per heavy atom. The molecule has 0 spiro atoms. The maximum atomic E-state index is 13.3. The summed E-state index contributed by atoms with van der Waals surface area (Å²) in [5.74, 6) is -1.02. The number of nitrogens with one attached hydrogen (secondary N) is 3. The van der Waals surface area contributed by atoms with Gasteiger partial charge in [0.05, 0.1) is 10.9 Å². The van der Waals surface area contributed by atoms with Gasteiger partial charge >= 0.3 is 0 Å². The summed E-state index contributed by atoms with van der Waals surface area (Å²) < 4.78 is 0.847. The van der Waals surface area contributed by atoms with Crippen LogP contribution < -0.4 is 16.0 Å². The van der Waals surface area contributed by atoms with Crippen LogP contribution in [0.25, 0.3) is 17.3 Å². The number of aryl methyl sites for hydroxylation is 1. The van der Waals surface area contributed by atoms with E-state index in [2.05, 4.69) is 36.9 Å². The van der Waals surface area contributed by atoms with Crippen LogP contribution >= 0.6 is 39.0 Å². The van der Waals surface area contributed by atoms with E-state index in [-0.39, 0.29) is 16.9 Å². The fraction of sp³-hybridized carbons (Fsp3) is 0.0857. The van der Waals surface area contributed by atoms with Gasteiger partial charge in [-0.3, -0.25) is 14.4 Å². The molecule has 1 atom stereocenters. The summed E-state index contributed by atoms with van der Waals surface area (Å²) in [5.41, 5.74) is 4.82. The van der Waals surface area contributed by atoms with Crippen LogP contribution in [0.2, 0.25) is 0 Å². The summed E-state index contributed by atoms with van der Waals surface area (Å²) in [6.45, 7) is 3.87. The highest BCUT2D eigenvalue weighted by molar-refractivity contribution is 9.10. The molecular weight excluding hydrogens is 668 g/mol. The highest BCUT2D eigenvalue weighted by Crippen LogP contribution is 2.28. The molecule has 4 aromatic carbocycles. The van der Waals surface area contributed by atoms with Crippen LogP contribution in [-0.2, 0) is 9.59 Å². The fourth-order valence-electron chi connectivity index (χ4n) is 4.17. The van der Waals surface area contributed by atoms with E-state index in [1.165, 1.54) is 28.7 Å². The van der Waals surface area contributed by atoms with Gasteiger partial charge < -0.3 is 16.0 Å². The van der Waals surface area contributed by atoms with Crippen LogP contribution in [0.4, 0.5) is 10.8 Å². The van der Waals surface area contributed by atoms with Crippen molar-refractivity contribution in [1.82, 2.24) is 10.3 Å². The Labute approximate surface area is 278 Å². The Balaban J connectivity index is 1.21. The van der Waals surface area contributed by atoms with Crippen molar-refractivity contribution in [1.29, 1.82) is 0 Å². The first-order valence-corrected chi connectivity index (χ1v) is 16.5. The molecule has 10 heteroatoms. The van der Waals surface area contributed by atoms with Gasteiger partial charge in [-0.1, -0.05) is 76.1 Å². The van der Waals surface area contributed by atoms with Gasteiger partial charge in [0.2, 0.25) is 5.91 Å². The second-order valence-corrected chi connectivity index (χ2v) is 13.3. The zero-order chi connectivity index (χ0) is 31.8. The minimum atomic E-state index is -0.471. The number of benzene rings is 4. The Morgan fingerprint density at radius 3 is 2.33 bits per heavy atom. The average Bonchev–Trinajstić information content (AvgIpc) is 3.50. The Morgan fingerprint density at radius 2 is 1.62 bits per heavy atom. The van der Waals surface area contributed by atoms with Crippen LogP contribution in [0, 0.1) is 6.92 Å². The van der Waals surface area contributed by atoms with Crippen LogP contribution in [-0.4, -0.2) is 28.0 Å². The van der Waals surface area contributed by atoms with Gasteiger partial charge in [-0.05, 0) is 74.0 Å². The summed E-state index contributed by atoms with van der Waals surface area (Å²) in [6.07, 6.45) is 1.62. The van der Waals surface area contributed by atoms with Gasteiger partial charge in [-0.2, -0.15) is 0 Å². The van der Waals surface area contributed by atoms with Crippen molar-refractivity contribution < 1.29 is 14.4 Å². The number of aromatic nitrogens is 1. The number of hydrogen-bond donors (Lipinski definition) is 3. The van der Waals surface area contributed by atoms with E-state index in [1.807, 2.05) is 86.0 Å². The minimum Gasteiger partial charge on any atom is -0.321 e. The minimum absolute atomic E-state index is 0.0958. The molecule has 1 heterocycles. The number of nitrogens with zero attached hydrogens (tertiary/aromatic N) is 1. The van der Waals surface area contributed by atoms with Crippen molar-refractivity contribution in [3.8, 4) is 11.3 Å². The van der Waals surface area contributed by atoms with Crippen LogP contribution in [0.5, 0.6) is 0 Å². The maximum absolute atomic E-state index is 13.3. The van der Waals surface area contributed by atoms with E-state index in [9.17, 15) is 14.4 Å². The molecule has 5 rings (SSSR count). The van der Waals surface area contributed by atoms with Crippen molar-refractivity contribution >= 4 is 73.6 Å². The van der Waals surface area contributed by atoms with E-state index < -0.39 is 11.8 Å². The Kier molecular flexibility index (Phi) is 10.6. The predicted octanol–water partition coefficient (Wildman–Crippen LogP) is 8.41. The van der Waals surface area contributed by atoms with Crippen molar-refractivity contribution in [3.63, 3.8) is 0 Å². The van der Waals surface area contributed by atoms with Crippen LogP contribution in [0.15, 0.2) is 124 Å². The van der Waals surface area contributed by atoms with E-state index in [0.29, 0.717) is 16.4 Å². The normalized spacial score (nSPS) is 11.8. The van der Waals surface area contributed by atoms with Crippen molar-refractivity contribution in [2.24, 2.45) is 0 Å². The van der Waals surface area contributed by atoms with E-state index in [0.717, 1.165) is 26.2 Å². The lowest BCUT2D eigenvalue weighted by atomic mass is 10.1. The molecule has 0 saturated heterocycles. The molecule has 5 aromatic rings. The summed E-state index contributed by atoms with van der Waals surface area (Å²) in [5, 5.41) is 10.6. The third-order valence-corrected chi connectivity index (χ3v) is 8.93. The monoisotopic (exact) mass is 696 g/mol. The molecule has 0 aliphatic heterocycles. The largest absolute Gasteiger partial charge is 0.321 e. The number of thiazole rings is 1. The molecule has 3 amide bonds. The van der Waals surface area contributed by atoms with Gasteiger partial charge in [-0.25, -0.2) is 4.98 Å². The summed E-state index contributed by atoms with van der Waals surface area (Å²) in [6, 6.07) is 31.4. The van der Waals surface area contributed by atoms with Crippen LogP contribution in [0.1, 0.15) is 28.4 Å². The van der Waals surface area contributed by atoms with Gasteiger partial charge in [0, 0.05) is 31.6 Å². The molecule has 0 saturated carbocycles. The van der Waals surface area contributed by atoms with Crippen molar-refractivity contribution in [2.75, 3.05) is 10.6 Å². The molecule has 7 nitrogen and oxygen atoms in total. The number of carbonyl (C=O) groups is 3. The zero-order valence-electron chi connectivity index (χ0n) is 24.4. The van der Waals surface area contributed by atoms with Crippen molar-refractivity contribution in [2.45, 2.75) is 24.0 Å². The molecule has 1 aromatic heterocycles. The lowest BCUT2D eigenvalue weighted by molar-refractivity contribution is -0.115. The smallest absolute Gasteiger partial charge is 0.272 e. The van der Waals surface area contributed by atoms with Gasteiger partial charge in [0.15, 0.2) is 5.13 Å². The lowest BCUT2D eigenvalue weighted by Gasteiger charge is -2.13. The molecule has 0 radical (unpaired) electrons. The average molecular weight is 698 g/mol.